The standard InChI is InChI=1S/C4H8O3.Na.H/c1-4(6)7-3-2-5;;/h2,4,6H,3H2,1H3;;/q;+1;-1. The van der Waals surface area contributed by atoms with Crippen LogP contribution in [0.15, 0.2) is 0 Å². The summed E-state index contributed by atoms with van der Waals surface area (Å²) < 4.78 is 4.38. The summed E-state index contributed by atoms with van der Waals surface area (Å²) in [5.74, 6) is 0. The largest absolute Gasteiger partial charge is 1.00 e. The first-order chi connectivity index (χ1) is 3.27. The first-order valence-corrected chi connectivity index (χ1v) is 2.00. The van der Waals surface area contributed by atoms with Gasteiger partial charge in [0, 0.05) is 0 Å². The van der Waals surface area contributed by atoms with Crippen LogP contribution in [0.25, 0.3) is 0 Å². The van der Waals surface area contributed by atoms with Crippen molar-refractivity contribution in [2.24, 2.45) is 0 Å². The fourth-order valence-electron chi connectivity index (χ4n) is 0.179. The van der Waals surface area contributed by atoms with Gasteiger partial charge in [0.2, 0.25) is 0 Å². The van der Waals surface area contributed by atoms with Crippen LogP contribution in [-0.4, -0.2) is 24.3 Å². The molecule has 44 valence electrons. The Hall–Kier alpha value is 0.590. The number of hydrogen-bond acceptors (Lipinski definition) is 3. The van der Waals surface area contributed by atoms with Gasteiger partial charge in [-0.05, 0) is 6.92 Å². The zero-order valence-electron chi connectivity index (χ0n) is 6.13. The SMILES string of the molecule is CC(O)OCC=O.[H-].[Na+]. The molecule has 0 aromatic heterocycles. The summed E-state index contributed by atoms with van der Waals surface area (Å²) in [6, 6.07) is 0. The molecular formula is C4H9NaO3. The van der Waals surface area contributed by atoms with Gasteiger partial charge >= 0.3 is 29.6 Å². The first kappa shape index (κ1) is 11.4. The van der Waals surface area contributed by atoms with E-state index in [1.165, 1.54) is 6.92 Å². The fraction of sp³-hybridized carbons (Fsp3) is 0.750. The van der Waals surface area contributed by atoms with Gasteiger partial charge in [-0.15, -0.1) is 0 Å². The minimum Gasteiger partial charge on any atom is -1.00 e. The average molecular weight is 128 g/mol. The number of ether oxygens (including phenoxy) is 1. The maximum atomic E-state index is 9.47. The van der Waals surface area contributed by atoms with E-state index in [1.54, 1.807) is 0 Å². The molecule has 3 nitrogen and oxygen atoms in total. The summed E-state index contributed by atoms with van der Waals surface area (Å²) >= 11 is 0. The van der Waals surface area contributed by atoms with E-state index >= 15 is 0 Å². The third kappa shape index (κ3) is 9.77. The first-order valence-electron chi connectivity index (χ1n) is 2.00. The zero-order valence-corrected chi connectivity index (χ0v) is 7.13. The van der Waals surface area contributed by atoms with Crippen molar-refractivity contribution in [2.45, 2.75) is 13.2 Å². The van der Waals surface area contributed by atoms with Crippen molar-refractivity contribution in [3.05, 3.63) is 0 Å². The van der Waals surface area contributed by atoms with E-state index in [4.69, 9.17) is 5.11 Å². The van der Waals surface area contributed by atoms with Gasteiger partial charge < -0.3 is 16.1 Å². The number of hydrogen-bond donors (Lipinski definition) is 1. The Kier molecular flexibility index (Phi) is 10.8. The number of carbonyl (C=O) groups is 1. The summed E-state index contributed by atoms with van der Waals surface area (Å²) in [5.41, 5.74) is 0. The van der Waals surface area contributed by atoms with E-state index in [0.717, 1.165) is 0 Å². The summed E-state index contributed by atoms with van der Waals surface area (Å²) in [6.45, 7) is 1.42. The van der Waals surface area contributed by atoms with Crippen LogP contribution in [0, 0.1) is 0 Å². The van der Waals surface area contributed by atoms with Crippen molar-refractivity contribution < 1.29 is 45.6 Å². The smallest absolute Gasteiger partial charge is 1.00 e. The number of rotatable bonds is 3. The molecule has 1 atom stereocenters. The second kappa shape index (κ2) is 7.59. The van der Waals surface area contributed by atoms with Crippen molar-refractivity contribution >= 4 is 6.29 Å². The second-order valence-electron chi connectivity index (χ2n) is 1.10. The van der Waals surface area contributed by atoms with Gasteiger partial charge in [-0.2, -0.15) is 0 Å². The molecule has 4 heteroatoms. The zero-order chi connectivity index (χ0) is 5.70. The maximum absolute atomic E-state index is 9.47. The molecule has 0 aliphatic carbocycles. The Bertz CT molecular complexity index is 59.8. The minimum absolute atomic E-state index is 0. The third-order valence-electron chi connectivity index (χ3n) is 0.405. The molecule has 0 aromatic rings. The van der Waals surface area contributed by atoms with E-state index < -0.39 is 6.29 Å². The fourth-order valence-corrected chi connectivity index (χ4v) is 0.179. The molecule has 1 N–H and O–H groups in total. The molecule has 0 aliphatic heterocycles. The monoisotopic (exact) mass is 128 g/mol. The number of carbonyl (C=O) groups excluding carboxylic acids is 1. The van der Waals surface area contributed by atoms with E-state index in [2.05, 4.69) is 4.74 Å². The van der Waals surface area contributed by atoms with E-state index in [0.29, 0.717) is 6.29 Å². The number of aliphatic hydroxyl groups is 1. The van der Waals surface area contributed by atoms with E-state index in [9.17, 15) is 4.79 Å². The number of aliphatic hydroxyl groups excluding tert-OH is 1. The predicted molar refractivity (Wildman–Crippen MR) is 24.8 cm³/mol. The van der Waals surface area contributed by atoms with E-state index in [1.807, 2.05) is 0 Å². The molecular weight excluding hydrogens is 119 g/mol. The maximum Gasteiger partial charge on any atom is 1.00 e. The topological polar surface area (TPSA) is 46.5 Å². The molecule has 8 heavy (non-hydrogen) atoms. The Balaban J connectivity index is -0.000000180. The van der Waals surface area contributed by atoms with Crippen molar-refractivity contribution in [3.63, 3.8) is 0 Å². The minimum atomic E-state index is -0.829. The normalized spacial score (nSPS) is 11.8. The van der Waals surface area contributed by atoms with Crippen LogP contribution in [0.3, 0.4) is 0 Å². The molecule has 0 radical (unpaired) electrons. The van der Waals surface area contributed by atoms with Crippen LogP contribution < -0.4 is 29.6 Å². The van der Waals surface area contributed by atoms with Gasteiger partial charge in [-0.25, -0.2) is 0 Å². The summed E-state index contributed by atoms with van der Waals surface area (Å²) in [6.07, 6.45) is -0.239. The molecule has 0 amide bonds. The van der Waals surface area contributed by atoms with Gasteiger partial charge in [-0.3, -0.25) is 0 Å². The van der Waals surface area contributed by atoms with E-state index in [-0.39, 0.29) is 37.6 Å². The second-order valence-corrected chi connectivity index (χ2v) is 1.10. The Labute approximate surface area is 71.8 Å². The Morgan fingerprint density at radius 1 is 2.00 bits per heavy atom. The molecule has 0 aromatic carbocycles. The molecule has 0 fully saturated rings. The summed E-state index contributed by atoms with van der Waals surface area (Å²) in [5, 5.41) is 8.30. The van der Waals surface area contributed by atoms with Crippen LogP contribution in [0.4, 0.5) is 0 Å². The van der Waals surface area contributed by atoms with Crippen LogP contribution >= 0.6 is 0 Å². The summed E-state index contributed by atoms with van der Waals surface area (Å²) in [4.78, 5) is 9.47. The average Bonchev–Trinajstić information content (AvgIpc) is 1.61. The van der Waals surface area contributed by atoms with Gasteiger partial charge in [-0.1, -0.05) is 0 Å². The van der Waals surface area contributed by atoms with Crippen LogP contribution in [0.5, 0.6) is 0 Å². The van der Waals surface area contributed by atoms with Gasteiger partial charge in [0.25, 0.3) is 0 Å². The van der Waals surface area contributed by atoms with Crippen molar-refractivity contribution in [1.29, 1.82) is 0 Å². The molecule has 0 rings (SSSR count). The number of aldehydes is 1. The Morgan fingerprint density at radius 2 is 2.50 bits per heavy atom. The third-order valence-corrected chi connectivity index (χ3v) is 0.405. The van der Waals surface area contributed by atoms with Crippen molar-refractivity contribution in [1.82, 2.24) is 0 Å². The predicted octanol–water partition coefficient (Wildman–Crippen LogP) is -3.34. The quantitative estimate of drug-likeness (QED) is 0.245. The van der Waals surface area contributed by atoms with Crippen LogP contribution in [-0.2, 0) is 9.53 Å². The molecule has 0 spiro atoms. The van der Waals surface area contributed by atoms with Crippen molar-refractivity contribution in [3.8, 4) is 0 Å². The van der Waals surface area contributed by atoms with Gasteiger partial charge in [0.1, 0.15) is 12.9 Å². The molecule has 0 heterocycles. The molecule has 0 saturated carbocycles. The van der Waals surface area contributed by atoms with Gasteiger partial charge in [0.05, 0.1) is 0 Å². The molecule has 0 saturated heterocycles. The molecule has 1 unspecified atom stereocenters. The molecule has 0 bridgehead atoms. The van der Waals surface area contributed by atoms with Crippen LogP contribution in [0.2, 0.25) is 0 Å². The molecule has 0 aliphatic rings. The summed E-state index contributed by atoms with van der Waals surface area (Å²) in [7, 11) is 0. The Morgan fingerprint density at radius 3 is 2.62 bits per heavy atom. The van der Waals surface area contributed by atoms with Crippen LogP contribution in [0.1, 0.15) is 8.35 Å². The van der Waals surface area contributed by atoms with Gasteiger partial charge in [0.15, 0.2) is 6.29 Å². The van der Waals surface area contributed by atoms with Crippen molar-refractivity contribution in [2.75, 3.05) is 6.61 Å².